The summed E-state index contributed by atoms with van der Waals surface area (Å²) in [5, 5.41) is 6.31. The summed E-state index contributed by atoms with van der Waals surface area (Å²) < 4.78 is 5.50. The lowest BCUT2D eigenvalue weighted by molar-refractivity contribution is 0.283. The monoisotopic (exact) mass is 296 g/mol. The summed E-state index contributed by atoms with van der Waals surface area (Å²) in [5.41, 5.74) is 0. The fourth-order valence-electron chi connectivity index (χ4n) is 1.53. The van der Waals surface area contributed by atoms with E-state index in [1.807, 2.05) is 13.8 Å². The zero-order valence-corrected chi connectivity index (χ0v) is 13.8. The first-order chi connectivity index (χ1) is 10.1. The van der Waals surface area contributed by atoms with Gasteiger partial charge in [0.15, 0.2) is 0 Å². The van der Waals surface area contributed by atoms with Crippen LogP contribution in [0.25, 0.3) is 0 Å². The van der Waals surface area contributed by atoms with Crippen LogP contribution in [-0.2, 0) is 0 Å². The molecule has 0 aliphatic carbocycles. The maximum absolute atomic E-state index is 5.50. The minimum absolute atomic E-state index is 0.363. The minimum atomic E-state index is 0.363. The molecule has 0 radical (unpaired) electrons. The molecule has 120 valence electrons. The molecule has 0 amide bonds. The number of rotatable bonds is 10. The van der Waals surface area contributed by atoms with Crippen LogP contribution in [0.5, 0.6) is 6.01 Å². The molecule has 1 rings (SSSR count). The molecular weight excluding hydrogens is 268 g/mol. The first kappa shape index (κ1) is 17.4. The van der Waals surface area contributed by atoms with Gasteiger partial charge in [0.25, 0.3) is 0 Å². The van der Waals surface area contributed by atoms with Crippen molar-refractivity contribution < 1.29 is 4.74 Å². The fourth-order valence-corrected chi connectivity index (χ4v) is 1.53. The lowest BCUT2D eigenvalue weighted by Crippen LogP contribution is -2.31. The third-order valence-corrected chi connectivity index (χ3v) is 3.01. The highest BCUT2D eigenvalue weighted by Crippen LogP contribution is 2.11. The highest BCUT2D eigenvalue weighted by atomic mass is 16.5. The summed E-state index contributed by atoms with van der Waals surface area (Å²) in [6.07, 6.45) is 0.921. The van der Waals surface area contributed by atoms with Crippen LogP contribution >= 0.6 is 0 Å². The van der Waals surface area contributed by atoms with Crippen LogP contribution in [0.3, 0.4) is 0 Å². The predicted molar refractivity (Wildman–Crippen MR) is 86.0 cm³/mol. The quantitative estimate of drug-likeness (QED) is 0.682. The number of aromatic nitrogens is 3. The Kier molecular flexibility index (Phi) is 7.74. The van der Waals surface area contributed by atoms with Crippen LogP contribution in [-0.4, -0.2) is 59.2 Å². The minimum Gasteiger partial charge on any atom is -0.463 e. The molecule has 21 heavy (non-hydrogen) atoms. The second-order valence-corrected chi connectivity index (χ2v) is 5.15. The molecule has 0 aromatic carbocycles. The summed E-state index contributed by atoms with van der Waals surface area (Å²) in [6, 6.07) is 0.883. The zero-order valence-electron chi connectivity index (χ0n) is 13.8. The molecule has 0 saturated carbocycles. The number of nitrogens with zero attached hydrogens (tertiary/aromatic N) is 4. The van der Waals surface area contributed by atoms with Crippen LogP contribution < -0.4 is 15.4 Å². The summed E-state index contributed by atoms with van der Waals surface area (Å²) in [5.74, 6) is 1.09. The van der Waals surface area contributed by atoms with E-state index in [1.165, 1.54) is 0 Å². The molecule has 1 aromatic heterocycles. The van der Waals surface area contributed by atoms with E-state index in [-0.39, 0.29) is 0 Å². The van der Waals surface area contributed by atoms with Crippen molar-refractivity contribution in [3.8, 4) is 6.01 Å². The molecule has 2 N–H and O–H groups in total. The SMILES string of the molecule is CCCOc1nc(NCC)nc(NCCN(C)C(C)C)n1. The van der Waals surface area contributed by atoms with Gasteiger partial charge in [-0.3, -0.25) is 0 Å². The standard InChI is InChI=1S/C14H28N6O/c1-6-10-21-14-18-12(15-7-2)17-13(19-14)16-8-9-20(5)11(3)4/h11H,6-10H2,1-5H3,(H2,15,16,17,18,19). The summed E-state index contributed by atoms with van der Waals surface area (Å²) >= 11 is 0. The van der Waals surface area contributed by atoms with Gasteiger partial charge in [-0.05, 0) is 34.2 Å². The Bertz CT molecular complexity index is 412. The highest BCUT2D eigenvalue weighted by molar-refractivity contribution is 5.35. The average molecular weight is 296 g/mol. The van der Waals surface area contributed by atoms with Crippen molar-refractivity contribution in [3.63, 3.8) is 0 Å². The third kappa shape index (κ3) is 6.57. The van der Waals surface area contributed by atoms with Crippen LogP contribution in [0.15, 0.2) is 0 Å². The molecule has 0 saturated heterocycles. The van der Waals surface area contributed by atoms with Crippen molar-refractivity contribution in [2.45, 2.75) is 40.2 Å². The molecule has 1 aromatic rings. The largest absolute Gasteiger partial charge is 0.463 e. The van der Waals surface area contributed by atoms with Crippen molar-refractivity contribution in [1.82, 2.24) is 19.9 Å². The Hall–Kier alpha value is -1.63. The highest BCUT2D eigenvalue weighted by Gasteiger charge is 2.08. The second-order valence-electron chi connectivity index (χ2n) is 5.15. The van der Waals surface area contributed by atoms with Crippen LogP contribution in [0.1, 0.15) is 34.1 Å². The number of anilines is 2. The van der Waals surface area contributed by atoms with E-state index < -0.39 is 0 Å². The van der Waals surface area contributed by atoms with Gasteiger partial charge in [0, 0.05) is 25.7 Å². The Morgan fingerprint density at radius 1 is 1.10 bits per heavy atom. The lowest BCUT2D eigenvalue weighted by Gasteiger charge is -2.20. The fraction of sp³-hybridized carbons (Fsp3) is 0.786. The Labute approximate surface area is 127 Å². The molecule has 0 aliphatic rings. The summed E-state index contributed by atoms with van der Waals surface area (Å²) in [4.78, 5) is 15.1. The van der Waals surface area contributed by atoms with Gasteiger partial charge in [-0.15, -0.1) is 0 Å². The first-order valence-electron chi connectivity index (χ1n) is 7.63. The number of hydrogen-bond donors (Lipinski definition) is 2. The maximum atomic E-state index is 5.50. The molecule has 0 spiro atoms. The van der Waals surface area contributed by atoms with Gasteiger partial charge in [-0.2, -0.15) is 15.0 Å². The van der Waals surface area contributed by atoms with Gasteiger partial charge >= 0.3 is 6.01 Å². The topological polar surface area (TPSA) is 75.2 Å². The molecule has 7 heteroatoms. The molecule has 0 bridgehead atoms. The van der Waals surface area contributed by atoms with Gasteiger partial charge in [0.2, 0.25) is 11.9 Å². The maximum Gasteiger partial charge on any atom is 0.323 e. The Balaban J connectivity index is 2.64. The second kappa shape index (κ2) is 9.33. The van der Waals surface area contributed by atoms with Gasteiger partial charge in [-0.25, -0.2) is 0 Å². The van der Waals surface area contributed by atoms with E-state index in [2.05, 4.69) is 51.4 Å². The van der Waals surface area contributed by atoms with Crippen LogP contribution in [0.4, 0.5) is 11.9 Å². The van der Waals surface area contributed by atoms with Crippen molar-refractivity contribution in [3.05, 3.63) is 0 Å². The van der Waals surface area contributed by atoms with Crippen molar-refractivity contribution in [2.75, 3.05) is 43.9 Å². The third-order valence-electron chi connectivity index (χ3n) is 3.01. The number of hydrogen-bond acceptors (Lipinski definition) is 7. The normalized spacial score (nSPS) is 11.0. The predicted octanol–water partition coefficient (Wildman–Crippen LogP) is 1.84. The van der Waals surface area contributed by atoms with Gasteiger partial charge in [-0.1, -0.05) is 6.92 Å². The zero-order chi connectivity index (χ0) is 15.7. The van der Waals surface area contributed by atoms with E-state index in [9.17, 15) is 0 Å². The van der Waals surface area contributed by atoms with Crippen molar-refractivity contribution in [1.29, 1.82) is 0 Å². The Morgan fingerprint density at radius 2 is 1.76 bits per heavy atom. The van der Waals surface area contributed by atoms with Gasteiger partial charge in [0.05, 0.1) is 6.61 Å². The molecular formula is C14H28N6O. The number of nitrogens with one attached hydrogen (secondary N) is 2. The van der Waals surface area contributed by atoms with Gasteiger partial charge < -0.3 is 20.3 Å². The van der Waals surface area contributed by atoms with Crippen LogP contribution in [0.2, 0.25) is 0 Å². The molecule has 0 fully saturated rings. The van der Waals surface area contributed by atoms with E-state index in [1.54, 1.807) is 0 Å². The van der Waals surface area contributed by atoms with E-state index in [0.717, 1.165) is 26.1 Å². The van der Waals surface area contributed by atoms with Crippen LogP contribution in [0, 0.1) is 0 Å². The van der Waals surface area contributed by atoms with E-state index >= 15 is 0 Å². The summed E-state index contributed by atoms with van der Waals surface area (Å²) in [7, 11) is 2.10. The summed E-state index contributed by atoms with van der Waals surface area (Å²) in [6.45, 7) is 11.4. The van der Waals surface area contributed by atoms with Gasteiger partial charge in [0.1, 0.15) is 0 Å². The number of likely N-dealkylation sites (N-methyl/N-ethyl adjacent to an activating group) is 1. The van der Waals surface area contributed by atoms with E-state index in [4.69, 9.17) is 4.74 Å². The average Bonchev–Trinajstić information content (AvgIpc) is 2.45. The first-order valence-corrected chi connectivity index (χ1v) is 7.63. The number of ether oxygens (including phenoxy) is 1. The smallest absolute Gasteiger partial charge is 0.323 e. The molecule has 7 nitrogen and oxygen atoms in total. The molecule has 0 unspecified atom stereocenters. The Morgan fingerprint density at radius 3 is 2.33 bits per heavy atom. The lowest BCUT2D eigenvalue weighted by atomic mass is 10.3. The van der Waals surface area contributed by atoms with Crippen molar-refractivity contribution in [2.24, 2.45) is 0 Å². The molecule has 0 atom stereocenters. The molecule has 0 aliphatic heterocycles. The van der Waals surface area contributed by atoms with E-state index in [0.29, 0.717) is 30.6 Å². The molecule has 1 heterocycles. The van der Waals surface area contributed by atoms with Crippen molar-refractivity contribution >= 4 is 11.9 Å².